The Labute approximate surface area is 104 Å². The molecule has 1 heterocycles. The number of hydrogen-bond acceptors (Lipinski definition) is 4. The molecule has 1 fully saturated rings. The molecule has 0 bridgehead atoms. The van der Waals surface area contributed by atoms with E-state index in [-0.39, 0.29) is 11.6 Å². The van der Waals surface area contributed by atoms with Crippen molar-refractivity contribution in [2.75, 3.05) is 19.8 Å². The van der Waals surface area contributed by atoms with Gasteiger partial charge in [-0.25, -0.2) is 4.79 Å². The molecule has 1 aliphatic rings. The van der Waals surface area contributed by atoms with Gasteiger partial charge in [-0.15, -0.1) is 0 Å². The van der Waals surface area contributed by atoms with E-state index < -0.39 is 6.10 Å². The van der Waals surface area contributed by atoms with E-state index in [0.29, 0.717) is 19.8 Å². The van der Waals surface area contributed by atoms with Crippen molar-refractivity contribution in [1.29, 1.82) is 0 Å². The van der Waals surface area contributed by atoms with Gasteiger partial charge in [-0.3, -0.25) is 0 Å². The molecule has 100 valence electrons. The van der Waals surface area contributed by atoms with Crippen LogP contribution in [0.4, 0.5) is 0 Å². The fraction of sp³-hybridized carbons (Fsp3) is 0.923. The molecule has 0 spiro atoms. The minimum absolute atomic E-state index is 0.239. The largest absolute Gasteiger partial charge is 0.464 e. The van der Waals surface area contributed by atoms with Crippen LogP contribution in [0.5, 0.6) is 0 Å². The summed E-state index contributed by atoms with van der Waals surface area (Å²) in [5.41, 5.74) is -0.302. The van der Waals surface area contributed by atoms with E-state index in [1.807, 2.05) is 13.8 Å². The molecule has 1 unspecified atom stereocenters. The number of unbranched alkanes of at least 4 members (excludes halogenated alkanes) is 2. The number of rotatable bonds is 8. The first-order valence-corrected chi connectivity index (χ1v) is 6.53. The van der Waals surface area contributed by atoms with Crippen LogP contribution >= 0.6 is 0 Å². The average molecular weight is 244 g/mol. The maximum Gasteiger partial charge on any atom is 0.335 e. The standard InChI is InChI=1S/C13H24O4/c1-4-6-7-8-11(12(14)16-5-2)17-13(3)9-15-10-13/h11H,4-10H2,1-3H3. The summed E-state index contributed by atoms with van der Waals surface area (Å²) in [5, 5.41) is 0. The van der Waals surface area contributed by atoms with Crippen molar-refractivity contribution in [3.05, 3.63) is 0 Å². The molecule has 1 saturated heterocycles. The quantitative estimate of drug-likeness (QED) is 0.485. The summed E-state index contributed by atoms with van der Waals surface area (Å²) in [5.74, 6) is -0.239. The molecule has 0 aliphatic carbocycles. The lowest BCUT2D eigenvalue weighted by Crippen LogP contribution is -2.52. The molecule has 0 aromatic rings. The molecule has 1 rings (SSSR count). The minimum atomic E-state index is -0.435. The Morgan fingerprint density at radius 1 is 1.35 bits per heavy atom. The fourth-order valence-electron chi connectivity index (χ4n) is 1.84. The highest BCUT2D eigenvalue weighted by Crippen LogP contribution is 2.25. The number of carbonyl (C=O) groups excluding carboxylic acids is 1. The normalized spacial score (nSPS) is 19.5. The first-order valence-electron chi connectivity index (χ1n) is 6.53. The molecule has 4 heteroatoms. The molecule has 0 radical (unpaired) electrons. The lowest BCUT2D eigenvalue weighted by molar-refractivity contribution is -0.228. The van der Waals surface area contributed by atoms with Crippen LogP contribution < -0.4 is 0 Å². The number of esters is 1. The van der Waals surface area contributed by atoms with Gasteiger partial charge < -0.3 is 14.2 Å². The van der Waals surface area contributed by atoms with Gasteiger partial charge in [-0.05, 0) is 20.3 Å². The van der Waals surface area contributed by atoms with Crippen molar-refractivity contribution in [2.24, 2.45) is 0 Å². The van der Waals surface area contributed by atoms with Crippen LogP contribution in [-0.4, -0.2) is 37.5 Å². The van der Waals surface area contributed by atoms with Crippen molar-refractivity contribution in [3.8, 4) is 0 Å². The Kier molecular flexibility index (Phi) is 5.92. The van der Waals surface area contributed by atoms with E-state index >= 15 is 0 Å². The summed E-state index contributed by atoms with van der Waals surface area (Å²) >= 11 is 0. The Balaban J connectivity index is 2.42. The number of ether oxygens (including phenoxy) is 3. The van der Waals surface area contributed by atoms with Crippen LogP contribution in [0.2, 0.25) is 0 Å². The molecular formula is C13H24O4. The molecule has 1 atom stereocenters. The summed E-state index contributed by atoms with van der Waals surface area (Å²) in [6, 6.07) is 0. The van der Waals surface area contributed by atoms with Gasteiger partial charge in [0.1, 0.15) is 5.60 Å². The van der Waals surface area contributed by atoms with E-state index in [0.717, 1.165) is 25.7 Å². The van der Waals surface area contributed by atoms with Gasteiger partial charge in [-0.2, -0.15) is 0 Å². The maximum absolute atomic E-state index is 11.8. The number of carbonyl (C=O) groups is 1. The zero-order valence-electron chi connectivity index (χ0n) is 11.2. The summed E-state index contributed by atoms with van der Waals surface area (Å²) < 4.78 is 16.0. The summed E-state index contributed by atoms with van der Waals surface area (Å²) in [7, 11) is 0. The van der Waals surface area contributed by atoms with E-state index in [1.165, 1.54) is 0 Å². The van der Waals surface area contributed by atoms with Gasteiger partial charge >= 0.3 is 5.97 Å². The lowest BCUT2D eigenvalue weighted by Gasteiger charge is -2.40. The van der Waals surface area contributed by atoms with Crippen molar-refractivity contribution in [1.82, 2.24) is 0 Å². The number of hydrogen-bond donors (Lipinski definition) is 0. The van der Waals surface area contributed by atoms with Crippen molar-refractivity contribution in [3.63, 3.8) is 0 Å². The third kappa shape index (κ3) is 4.64. The van der Waals surface area contributed by atoms with Gasteiger partial charge in [0.15, 0.2) is 6.10 Å². The van der Waals surface area contributed by atoms with Crippen LogP contribution in [0, 0.1) is 0 Å². The Hall–Kier alpha value is -0.610. The van der Waals surface area contributed by atoms with Crippen LogP contribution in [0.3, 0.4) is 0 Å². The van der Waals surface area contributed by atoms with Gasteiger partial charge in [0.25, 0.3) is 0 Å². The molecular weight excluding hydrogens is 220 g/mol. The Morgan fingerprint density at radius 3 is 2.53 bits per heavy atom. The van der Waals surface area contributed by atoms with Crippen LogP contribution in [0.15, 0.2) is 0 Å². The van der Waals surface area contributed by atoms with Gasteiger partial charge in [0.2, 0.25) is 0 Å². The molecule has 4 nitrogen and oxygen atoms in total. The summed E-state index contributed by atoms with van der Waals surface area (Å²) in [4.78, 5) is 11.8. The van der Waals surface area contributed by atoms with E-state index in [2.05, 4.69) is 6.92 Å². The van der Waals surface area contributed by atoms with Gasteiger partial charge in [0.05, 0.1) is 19.8 Å². The van der Waals surface area contributed by atoms with Crippen LogP contribution in [-0.2, 0) is 19.0 Å². The molecule has 0 aromatic heterocycles. The summed E-state index contributed by atoms with van der Waals surface area (Å²) in [6.45, 7) is 7.46. The monoisotopic (exact) mass is 244 g/mol. The highest BCUT2D eigenvalue weighted by Gasteiger charge is 2.39. The van der Waals surface area contributed by atoms with Crippen LogP contribution in [0.1, 0.15) is 46.5 Å². The zero-order valence-corrected chi connectivity index (χ0v) is 11.2. The zero-order chi connectivity index (χ0) is 12.7. The maximum atomic E-state index is 11.8. The smallest absolute Gasteiger partial charge is 0.335 e. The topological polar surface area (TPSA) is 44.8 Å². The van der Waals surface area contributed by atoms with Crippen molar-refractivity contribution >= 4 is 5.97 Å². The molecule has 0 amide bonds. The van der Waals surface area contributed by atoms with Gasteiger partial charge in [-0.1, -0.05) is 26.2 Å². The SMILES string of the molecule is CCCCCC(OC1(C)COC1)C(=O)OCC. The molecule has 17 heavy (non-hydrogen) atoms. The van der Waals surface area contributed by atoms with Crippen LogP contribution in [0.25, 0.3) is 0 Å². The predicted molar refractivity (Wildman–Crippen MR) is 64.9 cm³/mol. The first-order chi connectivity index (χ1) is 8.11. The Bertz CT molecular complexity index is 236. The van der Waals surface area contributed by atoms with Crippen molar-refractivity contribution in [2.45, 2.75) is 58.2 Å². The summed E-state index contributed by atoms with van der Waals surface area (Å²) in [6.07, 6.45) is 3.55. The van der Waals surface area contributed by atoms with E-state index in [4.69, 9.17) is 14.2 Å². The third-order valence-corrected chi connectivity index (χ3v) is 2.86. The average Bonchev–Trinajstić information content (AvgIpc) is 2.26. The molecule has 0 aromatic carbocycles. The highest BCUT2D eigenvalue weighted by atomic mass is 16.6. The second kappa shape index (κ2) is 6.97. The fourth-order valence-corrected chi connectivity index (χ4v) is 1.84. The minimum Gasteiger partial charge on any atom is -0.464 e. The predicted octanol–water partition coefficient (Wildman–Crippen LogP) is 2.30. The van der Waals surface area contributed by atoms with Crippen molar-refractivity contribution < 1.29 is 19.0 Å². The molecule has 1 aliphatic heterocycles. The molecule has 0 saturated carbocycles. The van der Waals surface area contributed by atoms with E-state index in [9.17, 15) is 4.79 Å². The Morgan fingerprint density at radius 2 is 2.06 bits per heavy atom. The highest BCUT2D eigenvalue weighted by molar-refractivity contribution is 5.74. The second-order valence-electron chi connectivity index (χ2n) is 4.80. The van der Waals surface area contributed by atoms with E-state index in [1.54, 1.807) is 0 Å². The van der Waals surface area contributed by atoms with Gasteiger partial charge in [0, 0.05) is 0 Å². The molecule has 0 N–H and O–H groups in total. The lowest BCUT2D eigenvalue weighted by atomic mass is 10.0. The second-order valence-corrected chi connectivity index (χ2v) is 4.80. The third-order valence-electron chi connectivity index (χ3n) is 2.86. The first kappa shape index (κ1) is 14.5.